The fraction of sp³-hybridized carbons (Fsp3) is 0.444. The number of nitrogens with zero attached hydrogens (tertiary/aromatic N) is 1. The molecular formula is C18H22Cl2N2O. The Bertz CT molecular complexity index is 593. The molecule has 1 fully saturated rings. The first kappa shape index (κ1) is 18.0. The van der Waals surface area contributed by atoms with Gasteiger partial charge in [-0.2, -0.15) is 0 Å². The molecule has 1 aromatic heterocycles. The Hall–Kier alpha value is -1.32. The lowest BCUT2D eigenvalue weighted by Crippen LogP contribution is -2.19. The van der Waals surface area contributed by atoms with Crippen molar-refractivity contribution in [1.29, 1.82) is 0 Å². The van der Waals surface area contributed by atoms with Crippen LogP contribution in [-0.4, -0.2) is 10.9 Å². The summed E-state index contributed by atoms with van der Waals surface area (Å²) in [5.41, 5.74) is 1.85. The number of hydrogen-bond acceptors (Lipinski definition) is 2. The maximum absolute atomic E-state index is 12.3. The average Bonchev–Trinajstić information content (AvgIpc) is 2.79. The summed E-state index contributed by atoms with van der Waals surface area (Å²) in [6.07, 6.45) is 8.90. The number of halogens is 2. The van der Waals surface area contributed by atoms with Gasteiger partial charge in [0, 0.05) is 12.1 Å². The van der Waals surface area contributed by atoms with E-state index in [1.165, 1.54) is 5.57 Å². The van der Waals surface area contributed by atoms with Crippen molar-refractivity contribution in [2.75, 3.05) is 5.32 Å². The number of anilines is 1. The van der Waals surface area contributed by atoms with Crippen LogP contribution in [0.1, 0.15) is 39.0 Å². The smallest absolute Gasteiger partial charge is 0.224 e. The normalized spacial score (nSPS) is 21.1. The maximum Gasteiger partial charge on any atom is 0.224 e. The zero-order valence-corrected chi connectivity index (χ0v) is 14.8. The van der Waals surface area contributed by atoms with E-state index < -0.39 is 0 Å². The van der Waals surface area contributed by atoms with Crippen LogP contribution >= 0.6 is 23.2 Å². The highest BCUT2D eigenvalue weighted by atomic mass is 35.5. The van der Waals surface area contributed by atoms with Crippen molar-refractivity contribution >= 4 is 34.8 Å². The molecule has 1 saturated carbocycles. The number of carbonyl (C=O) groups excluding carboxylic acids is 1. The van der Waals surface area contributed by atoms with Crippen LogP contribution in [0, 0.1) is 11.8 Å². The summed E-state index contributed by atoms with van der Waals surface area (Å²) in [5, 5.41) is 3.39. The minimum atomic E-state index is -0.0208. The van der Waals surface area contributed by atoms with E-state index in [2.05, 4.69) is 36.0 Å². The molecule has 2 atom stereocenters. The summed E-state index contributed by atoms with van der Waals surface area (Å²) in [7, 11) is 0. The largest absolute Gasteiger partial charge is 0.326 e. The second-order valence-electron chi connectivity index (χ2n) is 5.93. The number of nitrogens with one attached hydrogen (secondary N) is 1. The highest BCUT2D eigenvalue weighted by Gasteiger charge is 2.30. The molecule has 3 nitrogen and oxygen atoms in total. The predicted octanol–water partition coefficient (Wildman–Crippen LogP) is 5.66. The molecule has 0 radical (unpaired) electrons. The Morgan fingerprint density at radius 3 is 2.74 bits per heavy atom. The number of amides is 1. The summed E-state index contributed by atoms with van der Waals surface area (Å²) in [6, 6.07) is 3.20. The standard InChI is InChI=1S/C18H22Cl2N2O/c1-3-4-5-6-15-12(2)7-8-13(15)9-18(23)21-14-10-16(19)22-17(20)11-14/h4-5,10-11,13,15H,2-3,6-9H2,1H3,(H,21,22,23)/b5-4-/t13-,15+/m0/s1. The number of hydrogen-bond donors (Lipinski definition) is 1. The molecule has 0 bridgehead atoms. The van der Waals surface area contributed by atoms with Crippen molar-refractivity contribution < 1.29 is 4.79 Å². The topological polar surface area (TPSA) is 42.0 Å². The van der Waals surface area contributed by atoms with Crippen molar-refractivity contribution in [2.45, 2.75) is 39.0 Å². The minimum Gasteiger partial charge on any atom is -0.326 e. The van der Waals surface area contributed by atoms with E-state index in [9.17, 15) is 4.79 Å². The van der Waals surface area contributed by atoms with Gasteiger partial charge in [0.15, 0.2) is 0 Å². The Kier molecular flexibility index (Phi) is 6.67. The summed E-state index contributed by atoms with van der Waals surface area (Å²) < 4.78 is 0. The molecule has 1 heterocycles. The monoisotopic (exact) mass is 352 g/mol. The zero-order chi connectivity index (χ0) is 16.8. The van der Waals surface area contributed by atoms with Gasteiger partial charge in [-0.1, -0.05) is 54.4 Å². The molecule has 1 N–H and O–H groups in total. The molecule has 2 rings (SSSR count). The summed E-state index contributed by atoms with van der Waals surface area (Å²) in [4.78, 5) is 16.2. The van der Waals surface area contributed by atoms with Crippen LogP contribution in [0.4, 0.5) is 5.69 Å². The van der Waals surface area contributed by atoms with Gasteiger partial charge in [-0.15, -0.1) is 0 Å². The molecule has 0 saturated heterocycles. The van der Waals surface area contributed by atoms with Crippen LogP contribution in [0.3, 0.4) is 0 Å². The second-order valence-corrected chi connectivity index (χ2v) is 6.71. The molecule has 5 heteroatoms. The molecule has 1 amide bonds. The quantitative estimate of drug-likeness (QED) is 0.530. The fourth-order valence-electron chi connectivity index (χ4n) is 3.09. The van der Waals surface area contributed by atoms with E-state index in [0.29, 0.717) is 23.9 Å². The van der Waals surface area contributed by atoms with E-state index in [-0.39, 0.29) is 16.2 Å². The SMILES string of the molecule is C=C1CC[C@@H](CC(=O)Nc2cc(Cl)nc(Cl)c2)[C@@H]1C/C=C\CC. The first-order valence-electron chi connectivity index (χ1n) is 7.95. The first-order valence-corrected chi connectivity index (χ1v) is 8.70. The van der Waals surface area contributed by atoms with Crippen molar-refractivity contribution in [3.63, 3.8) is 0 Å². The second kappa shape index (κ2) is 8.51. The van der Waals surface area contributed by atoms with E-state index in [1.54, 1.807) is 12.1 Å². The van der Waals surface area contributed by atoms with Gasteiger partial charge in [0.25, 0.3) is 0 Å². The van der Waals surface area contributed by atoms with Crippen LogP contribution in [0.15, 0.2) is 36.4 Å². The number of allylic oxidation sites excluding steroid dienone is 3. The van der Waals surface area contributed by atoms with E-state index >= 15 is 0 Å². The van der Waals surface area contributed by atoms with E-state index in [1.807, 2.05) is 0 Å². The van der Waals surface area contributed by atoms with Gasteiger partial charge in [0.05, 0.1) is 0 Å². The lowest BCUT2D eigenvalue weighted by atomic mass is 9.88. The fourth-order valence-corrected chi connectivity index (χ4v) is 3.55. The molecule has 1 aromatic rings. The third-order valence-electron chi connectivity index (χ3n) is 4.22. The Labute approximate surface area is 147 Å². The van der Waals surface area contributed by atoms with E-state index in [0.717, 1.165) is 25.7 Å². The van der Waals surface area contributed by atoms with Gasteiger partial charge in [-0.05, 0) is 49.7 Å². The van der Waals surface area contributed by atoms with Crippen LogP contribution in [0.5, 0.6) is 0 Å². The third kappa shape index (κ3) is 5.36. The molecule has 124 valence electrons. The lowest BCUT2D eigenvalue weighted by molar-refractivity contribution is -0.117. The number of aromatic nitrogens is 1. The van der Waals surface area contributed by atoms with Crippen molar-refractivity contribution in [3.05, 3.63) is 46.7 Å². The Morgan fingerprint density at radius 2 is 2.09 bits per heavy atom. The molecule has 0 unspecified atom stereocenters. The lowest BCUT2D eigenvalue weighted by Gasteiger charge is -2.18. The van der Waals surface area contributed by atoms with Crippen LogP contribution < -0.4 is 5.32 Å². The zero-order valence-electron chi connectivity index (χ0n) is 13.3. The summed E-state index contributed by atoms with van der Waals surface area (Å²) in [5.74, 6) is 0.720. The number of pyridine rings is 1. The minimum absolute atomic E-state index is 0.0208. The molecule has 23 heavy (non-hydrogen) atoms. The van der Waals surface area contributed by atoms with E-state index in [4.69, 9.17) is 23.2 Å². The Morgan fingerprint density at radius 1 is 1.39 bits per heavy atom. The molecule has 1 aliphatic rings. The predicted molar refractivity (Wildman–Crippen MR) is 96.9 cm³/mol. The molecule has 0 aromatic carbocycles. The van der Waals surface area contributed by atoms with Gasteiger partial charge in [0.2, 0.25) is 5.91 Å². The summed E-state index contributed by atoms with van der Waals surface area (Å²) >= 11 is 11.7. The van der Waals surface area contributed by atoms with Crippen molar-refractivity contribution in [2.24, 2.45) is 11.8 Å². The van der Waals surface area contributed by atoms with Crippen molar-refractivity contribution in [3.8, 4) is 0 Å². The van der Waals surface area contributed by atoms with Gasteiger partial charge >= 0.3 is 0 Å². The molecule has 1 aliphatic carbocycles. The average molecular weight is 353 g/mol. The van der Waals surface area contributed by atoms with Gasteiger partial charge in [0.1, 0.15) is 10.3 Å². The van der Waals surface area contributed by atoms with Crippen LogP contribution in [0.2, 0.25) is 10.3 Å². The number of rotatable bonds is 6. The molecular weight excluding hydrogens is 331 g/mol. The highest BCUT2D eigenvalue weighted by molar-refractivity contribution is 6.32. The van der Waals surface area contributed by atoms with Gasteiger partial charge < -0.3 is 5.32 Å². The van der Waals surface area contributed by atoms with Crippen molar-refractivity contribution in [1.82, 2.24) is 4.98 Å². The first-order chi connectivity index (χ1) is 11.0. The maximum atomic E-state index is 12.3. The number of carbonyl (C=O) groups is 1. The highest BCUT2D eigenvalue weighted by Crippen LogP contribution is 2.40. The third-order valence-corrected chi connectivity index (χ3v) is 4.60. The van der Waals surface area contributed by atoms with Gasteiger partial charge in [-0.3, -0.25) is 4.79 Å². The Balaban J connectivity index is 1.95. The van der Waals surface area contributed by atoms with Crippen LogP contribution in [0.25, 0.3) is 0 Å². The molecule has 0 spiro atoms. The van der Waals surface area contributed by atoms with Crippen LogP contribution in [-0.2, 0) is 4.79 Å². The molecule has 0 aliphatic heterocycles. The van der Waals surface area contributed by atoms with Gasteiger partial charge in [-0.25, -0.2) is 4.98 Å². The summed E-state index contributed by atoms with van der Waals surface area (Å²) in [6.45, 7) is 6.29.